The molecule has 4 nitrogen and oxygen atoms in total. The SMILES string of the molecule is NC1=N/C(=N\N(c2ccccc2)c2ccccc2)c2ccccc21. The summed E-state index contributed by atoms with van der Waals surface area (Å²) in [5.41, 5.74) is 9.85. The molecule has 4 rings (SSSR count). The number of amidine groups is 2. The summed E-state index contributed by atoms with van der Waals surface area (Å²) in [5, 5.41) is 6.67. The average molecular weight is 312 g/mol. The van der Waals surface area contributed by atoms with Crippen molar-refractivity contribution < 1.29 is 0 Å². The van der Waals surface area contributed by atoms with Crippen LogP contribution in [0.5, 0.6) is 0 Å². The fraction of sp³-hybridized carbons (Fsp3) is 0. The van der Waals surface area contributed by atoms with Crippen molar-refractivity contribution >= 4 is 23.0 Å². The van der Waals surface area contributed by atoms with E-state index < -0.39 is 0 Å². The van der Waals surface area contributed by atoms with Gasteiger partial charge in [0.25, 0.3) is 0 Å². The third-order valence-electron chi connectivity index (χ3n) is 3.87. The number of benzene rings is 3. The zero-order chi connectivity index (χ0) is 16.4. The molecule has 0 unspecified atom stereocenters. The summed E-state index contributed by atoms with van der Waals surface area (Å²) in [5.74, 6) is 1.13. The minimum Gasteiger partial charge on any atom is -0.383 e. The van der Waals surface area contributed by atoms with Crippen LogP contribution in [-0.4, -0.2) is 11.7 Å². The van der Waals surface area contributed by atoms with Gasteiger partial charge in [-0.15, -0.1) is 5.10 Å². The summed E-state index contributed by atoms with van der Waals surface area (Å²) in [6, 6.07) is 27.9. The number of hydrazone groups is 1. The van der Waals surface area contributed by atoms with Gasteiger partial charge in [0.1, 0.15) is 5.84 Å². The monoisotopic (exact) mass is 312 g/mol. The van der Waals surface area contributed by atoms with Crippen molar-refractivity contribution in [3.05, 3.63) is 96.1 Å². The third-order valence-corrected chi connectivity index (χ3v) is 3.87. The molecule has 116 valence electrons. The number of fused-ring (bicyclic) bond motifs is 1. The largest absolute Gasteiger partial charge is 0.383 e. The molecule has 0 bridgehead atoms. The lowest BCUT2D eigenvalue weighted by atomic mass is 10.1. The normalized spacial score (nSPS) is 14.3. The average Bonchev–Trinajstić information content (AvgIpc) is 2.97. The third kappa shape index (κ3) is 2.54. The van der Waals surface area contributed by atoms with E-state index in [0.717, 1.165) is 22.5 Å². The minimum atomic E-state index is 0.505. The molecule has 4 heteroatoms. The number of anilines is 2. The molecule has 2 N–H and O–H groups in total. The topological polar surface area (TPSA) is 54.0 Å². The molecule has 0 atom stereocenters. The molecule has 0 saturated heterocycles. The number of nitrogens with zero attached hydrogens (tertiary/aromatic N) is 3. The number of rotatable bonds is 3. The number of aliphatic imine (C=N–C) groups is 1. The van der Waals surface area contributed by atoms with Crippen molar-refractivity contribution in [1.29, 1.82) is 0 Å². The van der Waals surface area contributed by atoms with E-state index in [2.05, 4.69) is 4.99 Å². The van der Waals surface area contributed by atoms with Gasteiger partial charge in [0.2, 0.25) is 0 Å². The van der Waals surface area contributed by atoms with Gasteiger partial charge >= 0.3 is 0 Å². The molecule has 0 amide bonds. The second kappa shape index (κ2) is 6.01. The molecule has 3 aromatic rings. The van der Waals surface area contributed by atoms with Crippen molar-refractivity contribution in [2.45, 2.75) is 0 Å². The first-order valence-corrected chi connectivity index (χ1v) is 7.76. The first-order chi connectivity index (χ1) is 11.8. The molecule has 0 radical (unpaired) electrons. The van der Waals surface area contributed by atoms with Crippen LogP contribution in [0.2, 0.25) is 0 Å². The molecule has 24 heavy (non-hydrogen) atoms. The number of hydrogen-bond acceptors (Lipinski definition) is 3. The Morgan fingerprint density at radius 2 is 1.17 bits per heavy atom. The quantitative estimate of drug-likeness (QED) is 0.746. The lowest BCUT2D eigenvalue weighted by Gasteiger charge is -2.19. The molecule has 1 heterocycles. The summed E-state index contributed by atoms with van der Waals surface area (Å²) in [6.07, 6.45) is 0. The van der Waals surface area contributed by atoms with E-state index in [0.29, 0.717) is 11.7 Å². The smallest absolute Gasteiger partial charge is 0.182 e. The van der Waals surface area contributed by atoms with Crippen LogP contribution in [-0.2, 0) is 0 Å². The molecule has 0 fully saturated rings. The summed E-state index contributed by atoms with van der Waals surface area (Å²) in [6.45, 7) is 0. The Morgan fingerprint density at radius 1 is 0.667 bits per heavy atom. The van der Waals surface area contributed by atoms with Gasteiger partial charge in [0.05, 0.1) is 11.4 Å². The Bertz CT molecular complexity index is 875. The van der Waals surface area contributed by atoms with Gasteiger partial charge in [0, 0.05) is 11.1 Å². The van der Waals surface area contributed by atoms with Gasteiger partial charge in [-0.3, -0.25) is 0 Å². The fourth-order valence-electron chi connectivity index (χ4n) is 2.71. The highest BCUT2D eigenvalue weighted by atomic mass is 15.5. The standard InChI is InChI=1S/C20H16N4/c21-19-17-13-7-8-14-18(17)20(22-19)23-24(15-9-3-1-4-10-15)16-11-5-2-6-12-16/h1-14H,(H2,21,22,23). The van der Waals surface area contributed by atoms with Gasteiger partial charge in [-0.1, -0.05) is 60.7 Å². The first kappa shape index (κ1) is 14.2. The lowest BCUT2D eigenvalue weighted by molar-refractivity contribution is 1.08. The van der Waals surface area contributed by atoms with Crippen LogP contribution in [0.3, 0.4) is 0 Å². The molecule has 1 aliphatic rings. The molecule has 0 spiro atoms. The highest BCUT2D eigenvalue weighted by Crippen LogP contribution is 2.27. The van der Waals surface area contributed by atoms with Crippen molar-refractivity contribution in [2.24, 2.45) is 15.8 Å². The van der Waals surface area contributed by atoms with Crippen molar-refractivity contribution in [3.63, 3.8) is 0 Å². The molecule has 3 aromatic carbocycles. The second-order valence-corrected chi connectivity index (χ2v) is 5.45. The van der Waals surface area contributed by atoms with E-state index in [1.807, 2.05) is 89.9 Å². The zero-order valence-corrected chi connectivity index (χ0v) is 13.0. The van der Waals surface area contributed by atoms with E-state index in [1.54, 1.807) is 0 Å². The molecule has 0 aliphatic carbocycles. The molecular weight excluding hydrogens is 296 g/mol. The summed E-state index contributed by atoms with van der Waals surface area (Å²) in [4.78, 5) is 4.45. The van der Waals surface area contributed by atoms with Crippen LogP contribution in [0.1, 0.15) is 11.1 Å². The predicted octanol–water partition coefficient (Wildman–Crippen LogP) is 3.91. The molecule has 0 saturated carbocycles. The summed E-state index contributed by atoms with van der Waals surface area (Å²) in [7, 11) is 0. The van der Waals surface area contributed by atoms with Gasteiger partial charge < -0.3 is 5.73 Å². The predicted molar refractivity (Wildman–Crippen MR) is 98.7 cm³/mol. The van der Waals surface area contributed by atoms with Crippen LogP contribution < -0.4 is 10.7 Å². The van der Waals surface area contributed by atoms with Gasteiger partial charge in [0.15, 0.2) is 5.84 Å². The van der Waals surface area contributed by atoms with Crippen LogP contribution in [0.25, 0.3) is 0 Å². The number of nitrogens with two attached hydrogens (primary N) is 1. The molecular formula is C20H16N4. The summed E-state index contributed by atoms with van der Waals surface area (Å²) < 4.78 is 0. The number of hydrogen-bond donors (Lipinski definition) is 1. The fourth-order valence-corrected chi connectivity index (χ4v) is 2.71. The van der Waals surface area contributed by atoms with E-state index in [4.69, 9.17) is 10.8 Å². The maximum atomic E-state index is 6.04. The van der Waals surface area contributed by atoms with Gasteiger partial charge in [-0.2, -0.15) is 0 Å². The highest BCUT2D eigenvalue weighted by molar-refractivity contribution is 6.22. The second-order valence-electron chi connectivity index (χ2n) is 5.45. The Kier molecular flexibility index (Phi) is 3.56. The maximum Gasteiger partial charge on any atom is 0.182 e. The molecule has 0 aromatic heterocycles. The van der Waals surface area contributed by atoms with Crippen LogP contribution >= 0.6 is 0 Å². The zero-order valence-electron chi connectivity index (χ0n) is 13.0. The lowest BCUT2D eigenvalue weighted by Crippen LogP contribution is -2.12. The van der Waals surface area contributed by atoms with Gasteiger partial charge in [-0.25, -0.2) is 10.0 Å². The van der Waals surface area contributed by atoms with Crippen molar-refractivity contribution in [1.82, 2.24) is 0 Å². The van der Waals surface area contributed by atoms with Gasteiger partial charge in [-0.05, 0) is 24.3 Å². The van der Waals surface area contributed by atoms with Crippen LogP contribution in [0, 0.1) is 0 Å². The van der Waals surface area contributed by atoms with E-state index >= 15 is 0 Å². The Morgan fingerprint density at radius 3 is 1.75 bits per heavy atom. The Balaban J connectivity index is 1.85. The highest BCUT2D eigenvalue weighted by Gasteiger charge is 2.20. The van der Waals surface area contributed by atoms with E-state index in [9.17, 15) is 0 Å². The number of para-hydroxylation sites is 2. The first-order valence-electron chi connectivity index (χ1n) is 7.76. The van der Waals surface area contributed by atoms with E-state index in [-0.39, 0.29) is 0 Å². The maximum absolute atomic E-state index is 6.04. The Labute approximate surface area is 140 Å². The van der Waals surface area contributed by atoms with Crippen molar-refractivity contribution in [3.8, 4) is 0 Å². The Hall–Kier alpha value is -3.40. The molecule has 1 aliphatic heterocycles. The van der Waals surface area contributed by atoms with Crippen molar-refractivity contribution in [2.75, 3.05) is 5.01 Å². The van der Waals surface area contributed by atoms with E-state index in [1.165, 1.54) is 0 Å². The van der Waals surface area contributed by atoms with Crippen LogP contribution in [0.4, 0.5) is 11.4 Å². The summed E-state index contributed by atoms with van der Waals surface area (Å²) >= 11 is 0. The minimum absolute atomic E-state index is 0.505. The van der Waals surface area contributed by atoms with Crippen LogP contribution in [0.15, 0.2) is 95.0 Å².